The molecule has 2 aromatic heterocycles. The van der Waals surface area contributed by atoms with Crippen LogP contribution in [0.4, 0.5) is 13.2 Å². The molecule has 0 atom stereocenters. The summed E-state index contributed by atoms with van der Waals surface area (Å²) >= 11 is 0. The van der Waals surface area contributed by atoms with E-state index in [0.717, 1.165) is 0 Å². The van der Waals surface area contributed by atoms with E-state index in [1.165, 1.54) is 7.11 Å². The molecule has 0 unspecified atom stereocenters. The summed E-state index contributed by atoms with van der Waals surface area (Å²) in [5.41, 5.74) is -1.30. The second kappa shape index (κ2) is 5.60. The smallest absolute Gasteiger partial charge is 0.433 e. The molecule has 2 heterocycles. The van der Waals surface area contributed by atoms with Crippen LogP contribution in [0.25, 0.3) is 10.9 Å². The van der Waals surface area contributed by atoms with Gasteiger partial charge >= 0.3 is 6.18 Å². The maximum atomic E-state index is 13.7. The van der Waals surface area contributed by atoms with Crippen molar-refractivity contribution in [2.75, 3.05) is 7.11 Å². The van der Waals surface area contributed by atoms with Crippen molar-refractivity contribution < 1.29 is 17.9 Å². The van der Waals surface area contributed by atoms with E-state index in [0.29, 0.717) is 11.1 Å². The number of hydrogen-bond acceptors (Lipinski definition) is 3. The van der Waals surface area contributed by atoms with Gasteiger partial charge in [-0.1, -0.05) is 41.5 Å². The fraction of sp³-hybridized carbons (Fsp3) is 0.556. The van der Waals surface area contributed by atoms with E-state index >= 15 is 0 Å². The van der Waals surface area contributed by atoms with Gasteiger partial charge in [-0.25, -0.2) is 4.98 Å². The molecule has 0 spiro atoms. The van der Waals surface area contributed by atoms with Crippen LogP contribution in [-0.4, -0.2) is 17.1 Å². The highest BCUT2D eigenvalue weighted by Crippen LogP contribution is 2.45. The van der Waals surface area contributed by atoms with E-state index in [1.54, 1.807) is 33.0 Å². The molecule has 0 aliphatic rings. The number of aromatic nitrogens is 2. The number of alkyl halides is 3. The van der Waals surface area contributed by atoms with Crippen LogP contribution in [0.5, 0.6) is 5.75 Å². The number of fused-ring (bicyclic) bond motifs is 1. The Bertz CT molecular complexity index is 769. The van der Waals surface area contributed by atoms with E-state index in [-0.39, 0.29) is 16.8 Å². The molecule has 0 bridgehead atoms. The van der Waals surface area contributed by atoms with E-state index in [9.17, 15) is 13.2 Å². The summed E-state index contributed by atoms with van der Waals surface area (Å²) in [7, 11) is 1.39. The van der Waals surface area contributed by atoms with E-state index in [4.69, 9.17) is 4.74 Å². The Morgan fingerprint density at radius 3 is 1.92 bits per heavy atom. The number of rotatable bonds is 1. The molecule has 0 saturated heterocycles. The van der Waals surface area contributed by atoms with Gasteiger partial charge in [-0.2, -0.15) is 13.2 Å². The van der Waals surface area contributed by atoms with Crippen LogP contribution in [-0.2, 0) is 17.0 Å². The minimum absolute atomic E-state index is 0.0658. The summed E-state index contributed by atoms with van der Waals surface area (Å²) in [6, 6.07) is 1.66. The topological polar surface area (TPSA) is 35.0 Å². The highest BCUT2D eigenvalue weighted by atomic mass is 19.4. The molecular weight excluding hydrogens is 317 g/mol. The van der Waals surface area contributed by atoms with Crippen LogP contribution < -0.4 is 4.74 Å². The summed E-state index contributed by atoms with van der Waals surface area (Å²) in [5.74, 6) is 0.215. The molecule has 0 N–H and O–H groups in total. The summed E-state index contributed by atoms with van der Waals surface area (Å²) < 4.78 is 46.6. The fourth-order valence-electron chi connectivity index (χ4n) is 2.82. The van der Waals surface area contributed by atoms with Crippen LogP contribution >= 0.6 is 0 Å². The van der Waals surface area contributed by atoms with Gasteiger partial charge in [0, 0.05) is 22.6 Å². The molecule has 6 heteroatoms. The van der Waals surface area contributed by atoms with Gasteiger partial charge in [0.25, 0.3) is 0 Å². The average Bonchev–Trinajstić information content (AvgIpc) is 2.41. The molecular formula is C18H23F3N2O. The molecule has 0 aromatic carbocycles. The number of pyridine rings is 2. The van der Waals surface area contributed by atoms with E-state index in [2.05, 4.69) is 9.97 Å². The predicted molar refractivity (Wildman–Crippen MR) is 88.5 cm³/mol. The first-order valence-electron chi connectivity index (χ1n) is 7.73. The van der Waals surface area contributed by atoms with Gasteiger partial charge in [-0.05, 0) is 11.5 Å². The van der Waals surface area contributed by atoms with Crippen molar-refractivity contribution >= 4 is 10.9 Å². The Morgan fingerprint density at radius 1 is 0.917 bits per heavy atom. The largest absolute Gasteiger partial charge is 0.496 e. The lowest BCUT2D eigenvalue weighted by atomic mass is 9.83. The zero-order valence-corrected chi connectivity index (χ0v) is 15.1. The SMILES string of the molecule is COc1c(C(C)(C)C)c(C(F)(F)F)nc2c(C(C)(C)C)nccc12. The van der Waals surface area contributed by atoms with Crippen LogP contribution in [0.1, 0.15) is 58.5 Å². The van der Waals surface area contributed by atoms with Gasteiger partial charge in [0.05, 0.1) is 18.3 Å². The van der Waals surface area contributed by atoms with Gasteiger partial charge in [-0.15, -0.1) is 0 Å². The van der Waals surface area contributed by atoms with Crippen molar-refractivity contribution in [1.82, 2.24) is 9.97 Å². The first-order chi connectivity index (χ1) is 10.8. The second-order valence-corrected chi connectivity index (χ2v) is 7.92. The molecule has 0 aliphatic carbocycles. The Labute approximate surface area is 140 Å². The minimum Gasteiger partial charge on any atom is -0.496 e. The number of halogens is 3. The highest BCUT2D eigenvalue weighted by Gasteiger charge is 2.41. The fourth-order valence-corrected chi connectivity index (χ4v) is 2.82. The molecule has 132 valence electrons. The number of ether oxygens (including phenoxy) is 1. The molecule has 0 fully saturated rings. The number of methoxy groups -OCH3 is 1. The summed E-state index contributed by atoms with van der Waals surface area (Å²) in [4.78, 5) is 8.30. The monoisotopic (exact) mass is 340 g/mol. The third-order valence-corrected chi connectivity index (χ3v) is 3.79. The zero-order chi connectivity index (χ0) is 18.5. The quantitative estimate of drug-likeness (QED) is 0.711. The molecule has 0 aliphatic heterocycles. The van der Waals surface area contributed by atoms with Crippen molar-refractivity contribution in [2.45, 2.75) is 58.5 Å². The number of hydrogen-bond donors (Lipinski definition) is 0. The first kappa shape index (κ1) is 18.5. The van der Waals surface area contributed by atoms with Gasteiger partial charge in [0.2, 0.25) is 0 Å². The van der Waals surface area contributed by atoms with Gasteiger partial charge in [0.15, 0.2) is 5.69 Å². The Hall–Kier alpha value is -1.85. The van der Waals surface area contributed by atoms with Crippen LogP contribution in [0.15, 0.2) is 12.3 Å². The third kappa shape index (κ3) is 3.19. The van der Waals surface area contributed by atoms with Crippen molar-refractivity contribution in [3.63, 3.8) is 0 Å². The van der Waals surface area contributed by atoms with Crippen molar-refractivity contribution in [3.8, 4) is 5.75 Å². The lowest BCUT2D eigenvalue weighted by Crippen LogP contribution is -2.24. The highest BCUT2D eigenvalue weighted by molar-refractivity contribution is 5.89. The van der Waals surface area contributed by atoms with Gasteiger partial charge < -0.3 is 4.74 Å². The Kier molecular flexibility index (Phi) is 4.32. The van der Waals surface area contributed by atoms with Crippen LogP contribution in [0, 0.1) is 0 Å². The molecule has 0 radical (unpaired) electrons. The lowest BCUT2D eigenvalue weighted by molar-refractivity contribution is -0.142. The maximum Gasteiger partial charge on any atom is 0.433 e. The molecule has 2 aromatic rings. The molecule has 0 saturated carbocycles. The standard InChI is InChI=1S/C18H23F3N2O/c1-16(2,3)11-13(24-7)10-8-9-22-15(17(4,5)6)12(10)23-14(11)18(19,20)21/h8-9H,1-7H3. The lowest BCUT2D eigenvalue weighted by Gasteiger charge is -2.28. The average molecular weight is 340 g/mol. The summed E-state index contributed by atoms with van der Waals surface area (Å²) in [6.45, 7) is 10.9. The van der Waals surface area contributed by atoms with Crippen molar-refractivity contribution in [1.29, 1.82) is 0 Å². The summed E-state index contributed by atoms with van der Waals surface area (Å²) in [5, 5.41) is 0.551. The second-order valence-electron chi connectivity index (χ2n) is 7.92. The van der Waals surface area contributed by atoms with E-state index < -0.39 is 22.7 Å². The molecule has 24 heavy (non-hydrogen) atoms. The third-order valence-electron chi connectivity index (χ3n) is 3.79. The summed E-state index contributed by atoms with van der Waals surface area (Å²) in [6.07, 6.45) is -2.98. The first-order valence-corrected chi connectivity index (χ1v) is 7.73. The normalized spacial score (nSPS) is 13.4. The minimum atomic E-state index is -4.57. The van der Waals surface area contributed by atoms with Crippen molar-refractivity contribution in [3.05, 3.63) is 29.2 Å². The zero-order valence-electron chi connectivity index (χ0n) is 15.1. The number of nitrogens with zero attached hydrogens (tertiary/aromatic N) is 2. The maximum absolute atomic E-state index is 13.7. The Balaban J connectivity index is 3.08. The van der Waals surface area contributed by atoms with Gasteiger partial charge in [-0.3, -0.25) is 4.98 Å². The molecule has 3 nitrogen and oxygen atoms in total. The van der Waals surface area contributed by atoms with Gasteiger partial charge in [0.1, 0.15) is 5.75 Å². The molecule has 2 rings (SSSR count). The van der Waals surface area contributed by atoms with Crippen LogP contribution in [0.2, 0.25) is 0 Å². The molecule has 0 amide bonds. The van der Waals surface area contributed by atoms with E-state index in [1.807, 2.05) is 20.8 Å². The Morgan fingerprint density at radius 2 is 1.50 bits per heavy atom. The predicted octanol–water partition coefficient (Wildman–Crippen LogP) is 5.25. The van der Waals surface area contributed by atoms with Crippen LogP contribution in [0.3, 0.4) is 0 Å². The van der Waals surface area contributed by atoms with Crippen molar-refractivity contribution in [2.24, 2.45) is 0 Å².